The van der Waals surface area contributed by atoms with Crippen molar-refractivity contribution in [2.24, 2.45) is 70.5 Å². The van der Waals surface area contributed by atoms with E-state index < -0.39 is 0 Å². The van der Waals surface area contributed by atoms with Crippen LogP contribution in [0.4, 0.5) is 0 Å². The number of aromatic nitrogens is 20. The smallest absolute Gasteiger partial charge is 0.136 e. The molecule has 0 radical (unpaired) electrons. The van der Waals surface area contributed by atoms with E-state index >= 15 is 0 Å². The SMILES string of the molecule is Cn1c2cccc(n2)n(C)c2cccc(n2)n(C)c2cccc(n2)n(C)c2cccc(n2)n(C)c2cccc(n2)n(C)c2cccc(n2)n(C)c2cccc(n2)n(C)c2cccc(n2)n(C)c2cccc(n2)n(C)c2cccc1n2. The van der Waals surface area contributed by atoms with Crippen molar-refractivity contribution < 1.29 is 0 Å². The molecule has 400 valence electrons. The summed E-state index contributed by atoms with van der Waals surface area (Å²) in [5.41, 5.74) is 14.1. The van der Waals surface area contributed by atoms with E-state index in [0.29, 0.717) is 113 Å². The average molecular weight is 1060 g/mol. The Morgan fingerprint density at radius 1 is 0.138 bits per heavy atom. The number of nitrogens with zero attached hydrogens (tertiary/aromatic N) is 20. The molecule has 0 aliphatic carbocycles. The molecule has 20 nitrogen and oxygen atoms in total. The third-order valence-corrected chi connectivity index (χ3v) is 14.1. The summed E-state index contributed by atoms with van der Waals surface area (Å²) in [6, 6.07) is 59.1. The first-order chi connectivity index (χ1) is 38.8. The van der Waals surface area contributed by atoms with Crippen LogP contribution in [0.1, 0.15) is 0 Å². The quantitative estimate of drug-likeness (QED) is 0.142. The van der Waals surface area contributed by atoms with Crippen LogP contribution >= 0.6 is 0 Å². The van der Waals surface area contributed by atoms with Crippen LogP contribution in [0.15, 0.2) is 182 Å². The van der Waals surface area contributed by atoms with Crippen molar-refractivity contribution in [1.82, 2.24) is 95.5 Å². The summed E-state index contributed by atoms with van der Waals surface area (Å²) in [5, 5.41) is 0. The molecule has 11 aromatic rings. The van der Waals surface area contributed by atoms with Crippen LogP contribution in [-0.2, 0) is 70.5 Å². The fourth-order valence-electron chi connectivity index (χ4n) is 9.03. The second kappa shape index (κ2) is 21.9. The Labute approximate surface area is 459 Å². The summed E-state index contributed by atoms with van der Waals surface area (Å²) < 4.78 is 19.6. The molecule has 0 atom stereocenters. The van der Waals surface area contributed by atoms with Crippen molar-refractivity contribution in [2.75, 3.05) is 0 Å². The maximum absolute atomic E-state index is 5.09. The van der Waals surface area contributed by atoms with Crippen LogP contribution in [0.25, 0.3) is 113 Å². The highest BCUT2D eigenvalue weighted by Gasteiger charge is 2.05. The van der Waals surface area contributed by atoms with Gasteiger partial charge < -0.3 is 45.7 Å². The first-order valence-electron chi connectivity index (χ1n) is 25.9. The van der Waals surface area contributed by atoms with Gasteiger partial charge in [-0.25, -0.2) is 49.8 Å². The van der Waals surface area contributed by atoms with Gasteiger partial charge in [-0.2, -0.15) is 0 Å². The van der Waals surface area contributed by atoms with Gasteiger partial charge in [-0.3, -0.25) is 0 Å². The lowest BCUT2D eigenvalue weighted by Gasteiger charge is -2.08. The van der Waals surface area contributed by atoms with E-state index in [1.165, 1.54) is 0 Å². The van der Waals surface area contributed by atoms with Gasteiger partial charge >= 0.3 is 0 Å². The predicted octanol–water partition coefficient (Wildman–Crippen LogP) is 10.1. The zero-order valence-electron chi connectivity index (χ0n) is 46.3. The second-order valence-corrected chi connectivity index (χ2v) is 19.1. The van der Waals surface area contributed by atoms with Crippen molar-refractivity contribution in [2.45, 2.75) is 0 Å². The standard InChI is InChI=1S/C60H60N20/c1-71-41-21-11-23-43(61-41)72(2)45-25-13-27-47(63-45)74(4)49-29-15-31-51(65-49)76(6)53-33-17-35-55(67-53)78(8)57-37-19-39-59(69-57)80(10)60-40-20-38-58(70-60)79(9)56-36-18-34-54(68-56)77(7)52-32-16-30-50(66-52)75(5)48-28-14-26-46(64-48)73(3)44-24-12-22-42(71)62-44/h11-40H,1-10H3. The van der Waals surface area contributed by atoms with Gasteiger partial charge in [0.05, 0.1) is 0 Å². The van der Waals surface area contributed by atoms with Crippen LogP contribution in [0.2, 0.25) is 0 Å². The van der Waals surface area contributed by atoms with Gasteiger partial charge in [0, 0.05) is 70.5 Å². The molecule has 0 aliphatic heterocycles. The summed E-state index contributed by atoms with van der Waals surface area (Å²) in [6.07, 6.45) is 0. The van der Waals surface area contributed by atoms with Gasteiger partial charge in [-0.05, 0) is 121 Å². The summed E-state index contributed by atoms with van der Waals surface area (Å²) in [7, 11) is 19.6. The molecule has 11 heterocycles. The van der Waals surface area contributed by atoms with Gasteiger partial charge in [-0.1, -0.05) is 60.7 Å². The molecule has 20 heteroatoms. The minimum absolute atomic E-state index is 0.705. The molecule has 0 spiro atoms. The van der Waals surface area contributed by atoms with Crippen LogP contribution < -0.4 is 0 Å². The van der Waals surface area contributed by atoms with Crippen molar-refractivity contribution in [3.05, 3.63) is 182 Å². The molecule has 0 aromatic carbocycles. The molecule has 0 amide bonds. The largest absolute Gasteiger partial charge is 0.314 e. The minimum Gasteiger partial charge on any atom is -0.314 e. The number of fused-ring (bicyclic) bond motifs is 20. The fraction of sp³-hybridized carbons (Fsp3) is 0.167. The van der Waals surface area contributed by atoms with Crippen LogP contribution in [0.5, 0.6) is 0 Å². The van der Waals surface area contributed by atoms with Gasteiger partial charge in [0.25, 0.3) is 0 Å². The van der Waals surface area contributed by atoms with E-state index in [4.69, 9.17) is 49.8 Å². The first-order valence-corrected chi connectivity index (χ1v) is 25.9. The Balaban J connectivity index is 1.16. The van der Waals surface area contributed by atoms with E-state index in [1.807, 2.05) is 298 Å². The van der Waals surface area contributed by atoms with Crippen molar-refractivity contribution in [3.63, 3.8) is 0 Å². The summed E-state index contributed by atoms with van der Waals surface area (Å²) in [5.74, 6) is 0. The second-order valence-electron chi connectivity index (χ2n) is 19.1. The number of hydrogen-bond acceptors (Lipinski definition) is 10. The number of rotatable bonds is 0. The topological polar surface area (TPSA) is 178 Å². The molecule has 20 bridgehead atoms. The lowest BCUT2D eigenvalue weighted by molar-refractivity contribution is 0.900. The maximum Gasteiger partial charge on any atom is 0.136 e. The highest BCUT2D eigenvalue weighted by atomic mass is 15.2. The number of hydrogen-bond donors (Lipinski definition) is 0. The van der Waals surface area contributed by atoms with E-state index in [2.05, 4.69) is 0 Å². The fourth-order valence-corrected chi connectivity index (χ4v) is 9.03. The average Bonchev–Trinajstić information content (AvgIpc) is 3.54. The third kappa shape index (κ3) is 10.4. The lowest BCUT2D eigenvalue weighted by Crippen LogP contribution is -2.03. The summed E-state index contributed by atoms with van der Waals surface area (Å²) in [6.45, 7) is 0. The van der Waals surface area contributed by atoms with E-state index in [0.717, 1.165) is 0 Å². The molecule has 0 N–H and O–H groups in total. The minimum atomic E-state index is 0.705. The molecular weight excluding hydrogens is 1000 g/mol. The predicted molar refractivity (Wildman–Crippen MR) is 319 cm³/mol. The van der Waals surface area contributed by atoms with Crippen molar-refractivity contribution >= 4 is 113 Å². The Kier molecular flexibility index (Phi) is 14.1. The lowest BCUT2D eigenvalue weighted by atomic mass is 10.4. The third-order valence-electron chi connectivity index (χ3n) is 14.1. The molecule has 80 heavy (non-hydrogen) atoms. The van der Waals surface area contributed by atoms with Gasteiger partial charge in [0.2, 0.25) is 0 Å². The van der Waals surface area contributed by atoms with Crippen molar-refractivity contribution in [1.29, 1.82) is 0 Å². The molecule has 0 aliphatic rings. The molecule has 0 unspecified atom stereocenters. The van der Waals surface area contributed by atoms with Gasteiger partial charge in [-0.15, -0.1) is 0 Å². The normalized spacial score (nSPS) is 11.1. The highest BCUT2D eigenvalue weighted by Crippen LogP contribution is 2.15. The molecule has 0 saturated carbocycles. The van der Waals surface area contributed by atoms with E-state index in [1.54, 1.807) is 0 Å². The maximum atomic E-state index is 5.09. The van der Waals surface area contributed by atoms with Gasteiger partial charge in [0.15, 0.2) is 0 Å². The monoisotopic (exact) mass is 1060 g/mol. The summed E-state index contributed by atoms with van der Waals surface area (Å²) >= 11 is 0. The van der Waals surface area contributed by atoms with Crippen LogP contribution in [0.3, 0.4) is 0 Å². The molecule has 11 rings (SSSR count). The number of aryl methyl sites for hydroxylation is 10. The van der Waals surface area contributed by atoms with Crippen LogP contribution in [0, 0.1) is 0 Å². The zero-order valence-corrected chi connectivity index (χ0v) is 46.3. The molecule has 0 fully saturated rings. The van der Waals surface area contributed by atoms with Gasteiger partial charge in [0.1, 0.15) is 113 Å². The van der Waals surface area contributed by atoms with Crippen LogP contribution in [-0.4, -0.2) is 95.5 Å². The first kappa shape index (κ1) is 51.6. The Morgan fingerprint density at radius 3 is 0.263 bits per heavy atom. The molecular formula is C60H60N20. The Hall–Kier alpha value is -10.5. The van der Waals surface area contributed by atoms with E-state index in [9.17, 15) is 0 Å². The molecule has 11 aromatic heterocycles. The van der Waals surface area contributed by atoms with Crippen molar-refractivity contribution in [3.8, 4) is 0 Å². The highest BCUT2D eigenvalue weighted by molar-refractivity contribution is 5.65. The Bertz CT molecular complexity index is 3620. The Morgan fingerprint density at radius 2 is 0.200 bits per heavy atom. The number of pyridine rings is 10. The molecule has 0 saturated heterocycles. The summed E-state index contributed by atoms with van der Waals surface area (Å²) in [4.78, 5) is 50.9. The van der Waals surface area contributed by atoms with E-state index in [-0.39, 0.29) is 0 Å². The zero-order chi connectivity index (χ0) is 55.6.